The van der Waals surface area contributed by atoms with Crippen LogP contribution in [0.5, 0.6) is 0 Å². The molecule has 1 N–H and O–H groups in total. The molecule has 0 heterocycles. The standard InChI is InChI=1S/C25H40O3Si/c1-20(2)11-10-14-23(19-29(4,5)6)24(17-18-28-21(3)26)25(27)16-15-22-12-8-7-9-13-22/h7-9,11-14,24-25,27H,10,15-19H2,1-6H3/b23-14+. The van der Waals surface area contributed by atoms with Gasteiger partial charge in [-0.3, -0.25) is 4.79 Å². The van der Waals surface area contributed by atoms with Gasteiger partial charge in [0.05, 0.1) is 12.7 Å². The summed E-state index contributed by atoms with van der Waals surface area (Å²) in [5, 5.41) is 11.1. The molecule has 0 fully saturated rings. The fourth-order valence-electron chi connectivity index (χ4n) is 3.53. The summed E-state index contributed by atoms with van der Waals surface area (Å²) in [5.74, 6) is -0.238. The second-order valence-electron chi connectivity index (χ2n) is 9.36. The van der Waals surface area contributed by atoms with Gasteiger partial charge >= 0.3 is 5.97 Å². The van der Waals surface area contributed by atoms with Crippen LogP contribution in [0.4, 0.5) is 0 Å². The number of hydrogen-bond acceptors (Lipinski definition) is 3. The molecule has 0 aliphatic carbocycles. The van der Waals surface area contributed by atoms with Crippen molar-refractivity contribution >= 4 is 14.0 Å². The third-order valence-electron chi connectivity index (χ3n) is 4.89. The first-order valence-electron chi connectivity index (χ1n) is 10.8. The van der Waals surface area contributed by atoms with Crippen molar-refractivity contribution < 1.29 is 14.6 Å². The molecule has 1 rings (SSSR count). The van der Waals surface area contributed by atoms with E-state index in [-0.39, 0.29) is 11.9 Å². The Bertz CT molecular complexity index is 667. The molecule has 0 saturated heterocycles. The first-order valence-corrected chi connectivity index (χ1v) is 14.5. The second kappa shape index (κ2) is 12.8. The molecule has 0 amide bonds. The van der Waals surface area contributed by atoms with E-state index in [4.69, 9.17) is 4.74 Å². The number of hydrogen-bond donors (Lipinski definition) is 1. The third-order valence-corrected chi connectivity index (χ3v) is 6.36. The van der Waals surface area contributed by atoms with Crippen LogP contribution < -0.4 is 0 Å². The van der Waals surface area contributed by atoms with Crippen LogP contribution in [0.3, 0.4) is 0 Å². The summed E-state index contributed by atoms with van der Waals surface area (Å²) in [6, 6.07) is 11.4. The minimum absolute atomic E-state index is 0.0235. The van der Waals surface area contributed by atoms with E-state index in [1.807, 2.05) is 18.2 Å². The van der Waals surface area contributed by atoms with E-state index in [9.17, 15) is 9.90 Å². The van der Waals surface area contributed by atoms with Crippen LogP contribution >= 0.6 is 0 Å². The average molecular weight is 417 g/mol. The van der Waals surface area contributed by atoms with Crippen molar-refractivity contribution in [3.05, 3.63) is 59.2 Å². The molecular formula is C25H40O3Si. The first-order chi connectivity index (χ1) is 13.6. The zero-order chi connectivity index (χ0) is 21.9. The summed E-state index contributed by atoms with van der Waals surface area (Å²) in [6.07, 6.45) is 7.19. The number of ether oxygens (including phenoxy) is 1. The average Bonchev–Trinajstić information content (AvgIpc) is 2.62. The monoisotopic (exact) mass is 416 g/mol. The Morgan fingerprint density at radius 3 is 2.28 bits per heavy atom. The molecule has 0 aromatic heterocycles. The number of benzene rings is 1. The molecular weight excluding hydrogens is 376 g/mol. The molecule has 0 bridgehead atoms. The van der Waals surface area contributed by atoms with E-state index in [0.717, 1.165) is 18.9 Å². The lowest BCUT2D eigenvalue weighted by atomic mass is 9.87. The minimum Gasteiger partial charge on any atom is -0.466 e. The normalized spacial score (nSPS) is 14.2. The number of rotatable bonds is 12. The predicted octanol–water partition coefficient (Wildman–Crippen LogP) is 6.17. The molecule has 3 nitrogen and oxygen atoms in total. The molecule has 1 aromatic rings. The second-order valence-corrected chi connectivity index (χ2v) is 14.8. The van der Waals surface area contributed by atoms with E-state index < -0.39 is 14.2 Å². The quantitative estimate of drug-likeness (QED) is 0.252. The van der Waals surface area contributed by atoms with Gasteiger partial charge in [-0.2, -0.15) is 0 Å². The fraction of sp³-hybridized carbons (Fsp3) is 0.560. The Balaban J connectivity index is 3.00. The Morgan fingerprint density at radius 2 is 1.72 bits per heavy atom. The third kappa shape index (κ3) is 11.8. The van der Waals surface area contributed by atoms with E-state index in [0.29, 0.717) is 19.4 Å². The minimum atomic E-state index is -1.36. The molecule has 162 valence electrons. The number of carbonyl (C=O) groups excluding carboxylic acids is 1. The lowest BCUT2D eigenvalue weighted by molar-refractivity contribution is -0.141. The van der Waals surface area contributed by atoms with Gasteiger partial charge < -0.3 is 9.84 Å². The van der Waals surface area contributed by atoms with Gasteiger partial charge in [0.15, 0.2) is 0 Å². The van der Waals surface area contributed by atoms with Crippen LogP contribution in [0.2, 0.25) is 25.7 Å². The van der Waals surface area contributed by atoms with Crippen LogP contribution in [0.15, 0.2) is 53.6 Å². The van der Waals surface area contributed by atoms with Crippen molar-refractivity contribution in [2.24, 2.45) is 5.92 Å². The maximum Gasteiger partial charge on any atom is 0.302 e. The number of aliphatic hydroxyl groups excluding tert-OH is 1. The smallest absolute Gasteiger partial charge is 0.302 e. The topological polar surface area (TPSA) is 46.5 Å². The van der Waals surface area contributed by atoms with Gasteiger partial charge in [-0.1, -0.05) is 73.3 Å². The van der Waals surface area contributed by atoms with E-state index >= 15 is 0 Å². The zero-order valence-electron chi connectivity index (χ0n) is 19.2. The Hall–Kier alpha value is -1.65. The molecule has 4 heteroatoms. The van der Waals surface area contributed by atoms with Gasteiger partial charge in [0.2, 0.25) is 0 Å². The maximum atomic E-state index is 11.3. The zero-order valence-corrected chi connectivity index (χ0v) is 20.2. The highest BCUT2D eigenvalue weighted by atomic mass is 28.3. The maximum absolute atomic E-state index is 11.3. The number of carbonyl (C=O) groups is 1. The Morgan fingerprint density at radius 1 is 1.07 bits per heavy atom. The van der Waals surface area contributed by atoms with Crippen molar-refractivity contribution in [1.82, 2.24) is 0 Å². The van der Waals surface area contributed by atoms with Gasteiger partial charge in [0.1, 0.15) is 0 Å². The number of esters is 1. The molecule has 0 radical (unpaired) electrons. The molecule has 2 unspecified atom stereocenters. The van der Waals surface area contributed by atoms with Crippen molar-refractivity contribution in [3.63, 3.8) is 0 Å². The lowest BCUT2D eigenvalue weighted by Crippen LogP contribution is -2.29. The van der Waals surface area contributed by atoms with Gasteiger partial charge in [-0.15, -0.1) is 0 Å². The van der Waals surface area contributed by atoms with E-state index in [1.165, 1.54) is 23.6 Å². The lowest BCUT2D eigenvalue weighted by Gasteiger charge is -2.29. The molecule has 0 spiro atoms. The van der Waals surface area contributed by atoms with Crippen LogP contribution in [0, 0.1) is 5.92 Å². The number of aryl methyl sites for hydroxylation is 1. The SMILES string of the molecule is CC(=O)OCCC(/C(=C/CC=C(C)C)C[Si](C)(C)C)C(O)CCc1ccccc1. The largest absolute Gasteiger partial charge is 0.466 e. The summed E-state index contributed by atoms with van der Waals surface area (Å²) in [4.78, 5) is 11.3. The van der Waals surface area contributed by atoms with Crippen LogP contribution in [0.25, 0.3) is 0 Å². The van der Waals surface area contributed by atoms with Crippen LogP contribution in [-0.4, -0.2) is 31.9 Å². The number of aliphatic hydroxyl groups is 1. The van der Waals surface area contributed by atoms with E-state index in [1.54, 1.807) is 0 Å². The van der Waals surface area contributed by atoms with Crippen LogP contribution in [-0.2, 0) is 16.0 Å². The van der Waals surface area contributed by atoms with Gasteiger partial charge in [0.25, 0.3) is 0 Å². The van der Waals surface area contributed by atoms with E-state index in [2.05, 4.69) is 57.8 Å². The van der Waals surface area contributed by atoms with Crippen molar-refractivity contribution in [3.8, 4) is 0 Å². The predicted molar refractivity (Wildman–Crippen MR) is 126 cm³/mol. The Labute approximate surface area is 178 Å². The van der Waals surface area contributed by atoms with Crippen LogP contribution in [0.1, 0.15) is 45.6 Å². The number of allylic oxidation sites excluding steroid dienone is 3. The highest BCUT2D eigenvalue weighted by Gasteiger charge is 2.27. The van der Waals surface area contributed by atoms with Gasteiger partial charge in [0, 0.05) is 20.9 Å². The van der Waals surface area contributed by atoms with Crippen molar-refractivity contribution in [2.75, 3.05) is 6.61 Å². The first kappa shape index (κ1) is 25.4. The summed E-state index contributed by atoms with van der Waals surface area (Å²) >= 11 is 0. The summed E-state index contributed by atoms with van der Waals surface area (Å²) in [6.45, 7) is 13.1. The molecule has 0 saturated carbocycles. The van der Waals surface area contributed by atoms with Crippen molar-refractivity contribution in [2.45, 2.75) is 78.2 Å². The molecule has 2 atom stereocenters. The summed E-state index contributed by atoms with van der Waals surface area (Å²) in [5.41, 5.74) is 3.87. The molecule has 29 heavy (non-hydrogen) atoms. The summed E-state index contributed by atoms with van der Waals surface area (Å²) in [7, 11) is -1.36. The molecule has 0 aliphatic rings. The summed E-state index contributed by atoms with van der Waals surface area (Å²) < 4.78 is 5.23. The fourth-order valence-corrected chi connectivity index (χ4v) is 5.16. The Kier molecular flexibility index (Phi) is 11.2. The highest BCUT2D eigenvalue weighted by molar-refractivity contribution is 6.76. The van der Waals surface area contributed by atoms with Gasteiger partial charge in [-0.25, -0.2) is 0 Å². The molecule has 1 aromatic carbocycles. The highest BCUT2D eigenvalue weighted by Crippen LogP contribution is 2.30. The van der Waals surface area contributed by atoms with Crippen molar-refractivity contribution in [1.29, 1.82) is 0 Å². The molecule has 0 aliphatic heterocycles. The van der Waals surface area contributed by atoms with Gasteiger partial charge in [-0.05, 0) is 51.1 Å².